The largest absolute Gasteiger partial charge is 0.341 e. The first-order valence-electron chi connectivity index (χ1n) is 11.3. The number of piperidine rings is 1. The van der Waals surface area contributed by atoms with Crippen LogP contribution in [0.4, 0.5) is 4.39 Å². The topological polar surface area (TPSA) is 63.9 Å². The van der Waals surface area contributed by atoms with E-state index in [1.54, 1.807) is 17.7 Å². The molecule has 1 aliphatic heterocycles. The molecule has 1 aromatic heterocycles. The van der Waals surface area contributed by atoms with Gasteiger partial charge in [-0.1, -0.05) is 42.0 Å². The summed E-state index contributed by atoms with van der Waals surface area (Å²) in [6, 6.07) is 14.5. The Labute approximate surface area is 188 Å². The van der Waals surface area contributed by atoms with Crippen LogP contribution in [0.25, 0.3) is 0 Å². The van der Waals surface area contributed by atoms with Crippen molar-refractivity contribution in [3.8, 4) is 0 Å². The molecule has 1 fully saturated rings. The minimum absolute atomic E-state index is 0.00152. The minimum Gasteiger partial charge on any atom is -0.341 e. The molecule has 1 atom stereocenters. The Morgan fingerprint density at radius 1 is 1.09 bits per heavy atom. The third kappa shape index (κ3) is 5.39. The first kappa shape index (κ1) is 22.1. The molecule has 7 heteroatoms. The molecule has 0 spiro atoms. The number of hydrogen-bond donors (Lipinski definition) is 0. The van der Waals surface area contributed by atoms with E-state index in [1.807, 2.05) is 11.0 Å². The predicted molar refractivity (Wildman–Crippen MR) is 120 cm³/mol. The van der Waals surface area contributed by atoms with E-state index in [4.69, 9.17) is 0 Å². The van der Waals surface area contributed by atoms with E-state index in [9.17, 15) is 9.18 Å². The molecule has 6 nitrogen and oxygen atoms in total. The van der Waals surface area contributed by atoms with Crippen molar-refractivity contribution in [2.24, 2.45) is 5.92 Å². The van der Waals surface area contributed by atoms with Gasteiger partial charge in [-0.05, 0) is 79.1 Å². The second kappa shape index (κ2) is 10.0. The van der Waals surface area contributed by atoms with Gasteiger partial charge in [-0.25, -0.2) is 9.07 Å². The van der Waals surface area contributed by atoms with E-state index in [2.05, 4.69) is 46.7 Å². The van der Waals surface area contributed by atoms with Crippen molar-refractivity contribution in [2.45, 2.75) is 52.0 Å². The first-order valence-corrected chi connectivity index (χ1v) is 11.3. The van der Waals surface area contributed by atoms with Gasteiger partial charge in [0.2, 0.25) is 5.91 Å². The summed E-state index contributed by atoms with van der Waals surface area (Å²) in [6.45, 7) is 5.36. The van der Waals surface area contributed by atoms with Crippen molar-refractivity contribution in [2.75, 3.05) is 13.1 Å². The highest BCUT2D eigenvalue weighted by Crippen LogP contribution is 2.26. The van der Waals surface area contributed by atoms with Crippen LogP contribution in [0.2, 0.25) is 0 Å². The molecule has 1 saturated heterocycles. The smallest absolute Gasteiger partial charge is 0.247 e. The highest BCUT2D eigenvalue weighted by atomic mass is 19.1. The average Bonchev–Trinajstić information content (AvgIpc) is 3.22. The zero-order chi connectivity index (χ0) is 22.5. The fourth-order valence-electron chi connectivity index (χ4n) is 4.47. The van der Waals surface area contributed by atoms with E-state index < -0.39 is 6.04 Å². The van der Waals surface area contributed by atoms with Crippen LogP contribution in [0.15, 0.2) is 48.5 Å². The molecule has 0 saturated carbocycles. The maximum absolute atomic E-state index is 13.7. The van der Waals surface area contributed by atoms with Crippen molar-refractivity contribution in [1.29, 1.82) is 0 Å². The molecule has 0 unspecified atom stereocenters. The normalized spacial score (nSPS) is 15.7. The van der Waals surface area contributed by atoms with E-state index in [1.165, 1.54) is 23.3 Å². The number of benzene rings is 2. The van der Waals surface area contributed by atoms with Gasteiger partial charge in [0.15, 0.2) is 0 Å². The quantitative estimate of drug-likeness (QED) is 0.561. The number of carbonyl (C=O) groups is 1. The maximum Gasteiger partial charge on any atom is 0.247 e. The lowest BCUT2D eigenvalue weighted by Gasteiger charge is -2.34. The molecule has 1 aliphatic rings. The lowest BCUT2D eigenvalue weighted by atomic mass is 9.90. The molecular weight excluding hydrogens is 405 g/mol. The van der Waals surface area contributed by atoms with Crippen LogP contribution in [0, 0.1) is 25.6 Å². The number of rotatable bonds is 7. The number of carbonyl (C=O) groups excluding carboxylic acids is 1. The van der Waals surface area contributed by atoms with Crippen molar-refractivity contribution in [3.63, 3.8) is 0 Å². The van der Waals surface area contributed by atoms with Crippen LogP contribution in [-0.4, -0.2) is 44.1 Å². The summed E-state index contributed by atoms with van der Waals surface area (Å²) in [4.78, 5) is 15.4. The summed E-state index contributed by atoms with van der Waals surface area (Å²) in [5.74, 6) is 0.891. The lowest BCUT2D eigenvalue weighted by molar-refractivity contribution is -0.136. The van der Waals surface area contributed by atoms with Crippen LogP contribution >= 0.6 is 0 Å². The fourth-order valence-corrected chi connectivity index (χ4v) is 4.47. The Bertz CT molecular complexity index is 1040. The summed E-state index contributed by atoms with van der Waals surface area (Å²) in [5, 5.41) is 11.7. The Morgan fingerprint density at radius 3 is 2.50 bits per heavy atom. The Hall–Kier alpha value is -3.09. The summed E-state index contributed by atoms with van der Waals surface area (Å²) < 4.78 is 15.3. The Morgan fingerprint density at radius 2 is 1.84 bits per heavy atom. The second-order valence-electron chi connectivity index (χ2n) is 8.81. The number of halogens is 1. The van der Waals surface area contributed by atoms with E-state index >= 15 is 0 Å². The highest BCUT2D eigenvalue weighted by Gasteiger charge is 2.31. The van der Waals surface area contributed by atoms with Crippen LogP contribution in [0.5, 0.6) is 0 Å². The number of amides is 1. The van der Waals surface area contributed by atoms with E-state index in [-0.39, 0.29) is 11.7 Å². The zero-order valence-corrected chi connectivity index (χ0v) is 18.7. The van der Waals surface area contributed by atoms with Crippen LogP contribution in [0.1, 0.15) is 47.8 Å². The monoisotopic (exact) mass is 435 g/mol. The standard InChI is InChI=1S/C25H30FN5O/c1-18-6-8-20(9-7-18)10-11-21-12-14-30(15-13-21)25(32)24(31-19(2)27-28-29-31)17-22-4-3-5-23(26)16-22/h3-9,16,21,24H,10-15,17H2,1-2H3/t24-/m1/s1. The third-order valence-corrected chi connectivity index (χ3v) is 6.44. The Kier molecular flexibility index (Phi) is 6.93. The van der Waals surface area contributed by atoms with E-state index in [0.29, 0.717) is 18.2 Å². The molecule has 0 bridgehead atoms. The van der Waals surface area contributed by atoms with Gasteiger partial charge in [0.05, 0.1) is 0 Å². The molecular formula is C25H30FN5O. The summed E-state index contributed by atoms with van der Waals surface area (Å²) in [5.41, 5.74) is 3.41. The SMILES string of the molecule is Cc1ccc(CCC2CCN(C(=O)[C@@H](Cc3cccc(F)c3)n3nnnc3C)CC2)cc1. The lowest BCUT2D eigenvalue weighted by Crippen LogP contribution is -2.43. The van der Waals surface area contributed by atoms with Crippen molar-refractivity contribution < 1.29 is 9.18 Å². The minimum atomic E-state index is -0.573. The zero-order valence-electron chi connectivity index (χ0n) is 18.7. The number of hydrogen-bond acceptors (Lipinski definition) is 4. The van der Waals surface area contributed by atoms with Gasteiger partial charge in [0, 0.05) is 19.5 Å². The third-order valence-electron chi connectivity index (χ3n) is 6.44. The molecule has 3 aromatic rings. The number of aromatic nitrogens is 4. The van der Waals surface area contributed by atoms with Gasteiger partial charge >= 0.3 is 0 Å². The summed E-state index contributed by atoms with van der Waals surface area (Å²) in [6.07, 6.45) is 4.57. The fraction of sp³-hybridized carbons (Fsp3) is 0.440. The van der Waals surface area contributed by atoms with Gasteiger partial charge in [0.25, 0.3) is 0 Å². The second-order valence-corrected chi connectivity index (χ2v) is 8.81. The van der Waals surface area contributed by atoms with Crippen LogP contribution in [-0.2, 0) is 17.6 Å². The number of nitrogens with zero attached hydrogens (tertiary/aromatic N) is 5. The van der Waals surface area contributed by atoms with Crippen molar-refractivity contribution >= 4 is 5.91 Å². The van der Waals surface area contributed by atoms with Gasteiger partial charge in [-0.2, -0.15) is 0 Å². The molecule has 0 N–H and O–H groups in total. The van der Waals surface area contributed by atoms with Crippen molar-refractivity contribution in [1.82, 2.24) is 25.1 Å². The summed E-state index contributed by atoms with van der Waals surface area (Å²) >= 11 is 0. The molecule has 2 heterocycles. The van der Waals surface area contributed by atoms with Gasteiger partial charge in [0.1, 0.15) is 17.7 Å². The number of likely N-dealkylation sites (tertiary alicyclic amines) is 1. The van der Waals surface area contributed by atoms with Gasteiger partial charge in [-0.3, -0.25) is 4.79 Å². The average molecular weight is 436 g/mol. The molecule has 0 radical (unpaired) electrons. The molecule has 4 rings (SSSR count). The number of aryl methyl sites for hydroxylation is 3. The highest BCUT2D eigenvalue weighted by molar-refractivity contribution is 5.80. The molecule has 2 aromatic carbocycles. The molecule has 0 aliphatic carbocycles. The first-order chi connectivity index (χ1) is 15.5. The maximum atomic E-state index is 13.7. The van der Waals surface area contributed by atoms with Gasteiger partial charge in [-0.15, -0.1) is 5.10 Å². The molecule has 1 amide bonds. The van der Waals surface area contributed by atoms with E-state index in [0.717, 1.165) is 44.3 Å². The summed E-state index contributed by atoms with van der Waals surface area (Å²) in [7, 11) is 0. The Balaban J connectivity index is 1.38. The van der Waals surface area contributed by atoms with Gasteiger partial charge < -0.3 is 4.90 Å². The van der Waals surface area contributed by atoms with Crippen LogP contribution < -0.4 is 0 Å². The number of tetrazole rings is 1. The van der Waals surface area contributed by atoms with Crippen LogP contribution in [0.3, 0.4) is 0 Å². The molecule has 168 valence electrons. The predicted octanol–water partition coefficient (Wildman–Crippen LogP) is 4.08. The molecule has 32 heavy (non-hydrogen) atoms. The van der Waals surface area contributed by atoms with Crippen molar-refractivity contribution in [3.05, 3.63) is 76.9 Å².